The first kappa shape index (κ1) is 41.9. The van der Waals surface area contributed by atoms with E-state index >= 15 is 0 Å². The van der Waals surface area contributed by atoms with E-state index in [0.29, 0.717) is 10.6 Å². The summed E-state index contributed by atoms with van der Waals surface area (Å²) in [5.74, 6) is -1.68. The van der Waals surface area contributed by atoms with E-state index in [0.717, 1.165) is 14.7 Å². The van der Waals surface area contributed by atoms with Crippen LogP contribution in [-0.2, 0) is 35.6 Å². The highest BCUT2D eigenvalue weighted by Crippen LogP contribution is 2.27. The van der Waals surface area contributed by atoms with Crippen LogP contribution in [0.15, 0.2) is 77.7 Å². The molecule has 0 aromatic heterocycles. The molecule has 3 amide bonds. The van der Waals surface area contributed by atoms with Crippen LogP contribution in [0.5, 0.6) is 0 Å². The number of anilines is 1. The number of halogens is 4. The second-order valence-electron chi connectivity index (χ2n) is 11.0. The number of ether oxygens (including phenoxy) is 2. The summed E-state index contributed by atoms with van der Waals surface area (Å²) in [6, 6.07) is 14.8. The number of nitrogens with zero attached hydrogens (tertiary/aromatic N) is 3. The Morgan fingerprint density at radius 3 is 2.06 bits per heavy atom. The number of rotatable bonds is 19. The second kappa shape index (κ2) is 19.9. The lowest BCUT2D eigenvalue weighted by Crippen LogP contribution is -2.60. The van der Waals surface area contributed by atoms with Crippen LogP contribution in [0.25, 0.3) is 0 Å². The minimum atomic E-state index is -4.44. The van der Waals surface area contributed by atoms with Crippen LogP contribution in [0, 0.1) is 0 Å². The van der Waals surface area contributed by atoms with Crippen LogP contribution in [0.2, 0.25) is 15.1 Å². The molecule has 0 saturated carbocycles. The van der Waals surface area contributed by atoms with Crippen molar-refractivity contribution in [2.75, 3.05) is 44.4 Å². The van der Waals surface area contributed by atoms with Gasteiger partial charge in [-0.1, -0.05) is 65.1 Å². The second-order valence-corrected chi connectivity index (χ2v) is 14.0. The lowest BCUT2D eigenvalue weighted by Gasteiger charge is -2.38. The van der Waals surface area contributed by atoms with Crippen LogP contribution < -0.4 is 9.62 Å². The van der Waals surface area contributed by atoms with Gasteiger partial charge >= 0.3 is 6.09 Å². The topological polar surface area (TPSA) is 146 Å². The molecule has 51 heavy (non-hydrogen) atoms. The van der Waals surface area contributed by atoms with Crippen molar-refractivity contribution in [1.82, 2.24) is 14.5 Å². The van der Waals surface area contributed by atoms with Crippen molar-refractivity contribution in [2.45, 2.75) is 50.6 Å². The Morgan fingerprint density at radius 2 is 1.51 bits per heavy atom. The number of hydrogen-bond donors (Lipinski definition) is 2. The quantitative estimate of drug-likeness (QED) is 0.139. The van der Waals surface area contributed by atoms with Gasteiger partial charge < -0.3 is 19.5 Å². The van der Waals surface area contributed by atoms with Crippen molar-refractivity contribution in [1.29, 1.82) is 0 Å². The predicted octanol–water partition coefficient (Wildman–Crippen LogP) is 6.09. The van der Waals surface area contributed by atoms with Crippen LogP contribution in [0.3, 0.4) is 0 Å². The number of carboxylic acid groups (broad SMARTS) is 1. The Hall–Kier alpha value is -3.50. The third-order valence-electron chi connectivity index (χ3n) is 7.58. The first-order chi connectivity index (χ1) is 24.2. The van der Waals surface area contributed by atoms with Gasteiger partial charge in [-0.2, -0.15) is 0 Å². The van der Waals surface area contributed by atoms with E-state index in [1.807, 2.05) is 0 Å². The molecule has 12 nitrogen and oxygen atoms in total. The summed E-state index contributed by atoms with van der Waals surface area (Å²) >= 11 is 18.3. The number of sulfonamides is 1. The molecule has 0 fully saturated rings. The van der Waals surface area contributed by atoms with Crippen LogP contribution in [0.4, 0.5) is 14.9 Å². The Morgan fingerprint density at radius 1 is 0.902 bits per heavy atom. The molecule has 0 spiro atoms. The first-order valence-electron chi connectivity index (χ1n) is 15.9. The minimum absolute atomic E-state index is 0.135. The summed E-state index contributed by atoms with van der Waals surface area (Å²) in [5.41, 5.74) is 0.630. The number of benzene rings is 3. The minimum Gasteiger partial charge on any atom is -0.465 e. The molecule has 0 heterocycles. The van der Waals surface area contributed by atoms with Crippen LogP contribution in [-0.4, -0.2) is 99.1 Å². The van der Waals surface area contributed by atoms with Gasteiger partial charge in [-0.15, -0.1) is 0 Å². The van der Waals surface area contributed by atoms with E-state index in [1.54, 1.807) is 44.2 Å². The number of amides is 3. The summed E-state index contributed by atoms with van der Waals surface area (Å²) in [5, 5.41) is 10.7. The average Bonchev–Trinajstić information content (AvgIpc) is 3.08. The number of carbonyl (C=O) groups excluding carboxylic acids is 2. The third kappa shape index (κ3) is 11.8. The molecule has 278 valence electrons. The number of alkyl halides is 1. The van der Waals surface area contributed by atoms with E-state index in [2.05, 4.69) is 4.72 Å². The third-order valence-corrected chi connectivity index (χ3v) is 9.97. The molecule has 0 saturated heterocycles. The van der Waals surface area contributed by atoms with Gasteiger partial charge in [0.1, 0.15) is 23.7 Å². The van der Waals surface area contributed by atoms with Crippen molar-refractivity contribution < 1.29 is 41.8 Å². The average molecular weight is 790 g/mol. The van der Waals surface area contributed by atoms with Crippen molar-refractivity contribution in [3.8, 4) is 0 Å². The van der Waals surface area contributed by atoms with Gasteiger partial charge in [-0.3, -0.25) is 19.4 Å². The lowest BCUT2D eigenvalue weighted by atomic mass is 10.1. The standard InChI is InChI=1S/C34H40Cl3FN4O8S/c1-4-49-31(50-5-2)22-40(18-17-38)32(43)23(3)42(27-14-11-25(35)12-15-27)33(44)29(41(34(45)46)21-24-9-7-6-8-10-24)20-39-51(47,48)30-16-13-26(36)19-28(30)37/h6-16,19,23,29,31,39H,4-5,17-18,20-22H2,1-3H3,(H,45,46). The zero-order valence-electron chi connectivity index (χ0n) is 28.2. The van der Waals surface area contributed by atoms with E-state index < -0.39 is 59.5 Å². The maximum absolute atomic E-state index is 14.8. The zero-order valence-corrected chi connectivity index (χ0v) is 31.3. The maximum Gasteiger partial charge on any atom is 0.408 e. The highest BCUT2D eigenvalue weighted by Gasteiger charge is 2.40. The van der Waals surface area contributed by atoms with E-state index in [1.165, 1.54) is 49.4 Å². The largest absolute Gasteiger partial charge is 0.465 e. The molecule has 0 radical (unpaired) electrons. The predicted molar refractivity (Wildman–Crippen MR) is 193 cm³/mol. The Kier molecular flexibility index (Phi) is 16.4. The summed E-state index contributed by atoms with van der Waals surface area (Å²) in [4.78, 5) is 44.4. The van der Waals surface area contributed by atoms with Gasteiger partial charge in [-0.25, -0.2) is 22.3 Å². The van der Waals surface area contributed by atoms with Gasteiger partial charge in [-0.05, 0) is 68.8 Å². The molecule has 2 unspecified atom stereocenters. The normalized spacial score (nSPS) is 12.7. The van der Waals surface area contributed by atoms with Crippen molar-refractivity contribution in [3.63, 3.8) is 0 Å². The van der Waals surface area contributed by atoms with Gasteiger partial charge in [0, 0.05) is 48.6 Å². The molecule has 17 heteroatoms. The molecule has 2 atom stereocenters. The SMILES string of the molecule is CCOC(CN(CCF)C(=O)C(C)N(C(=O)C(CNS(=O)(=O)c1ccc(Cl)cc1Cl)N(Cc1ccccc1)C(=O)O)c1ccc(Cl)cc1)OCC. The van der Waals surface area contributed by atoms with E-state index in [4.69, 9.17) is 44.3 Å². The summed E-state index contributed by atoms with van der Waals surface area (Å²) in [6.45, 7) is 2.82. The number of hydrogen-bond acceptors (Lipinski definition) is 7. The Labute approximate surface area is 312 Å². The van der Waals surface area contributed by atoms with Crippen molar-refractivity contribution in [2.24, 2.45) is 0 Å². The smallest absolute Gasteiger partial charge is 0.408 e. The Balaban J connectivity index is 2.13. The highest BCUT2D eigenvalue weighted by molar-refractivity contribution is 7.89. The van der Waals surface area contributed by atoms with Gasteiger partial charge in [0.2, 0.25) is 15.9 Å². The maximum atomic E-state index is 14.8. The summed E-state index contributed by atoms with van der Waals surface area (Å²) in [7, 11) is -4.44. The fourth-order valence-corrected chi connectivity index (χ4v) is 7.09. The molecule has 0 bridgehead atoms. The molecule has 3 rings (SSSR count). The lowest BCUT2D eigenvalue weighted by molar-refractivity contribution is -0.159. The molecule has 0 aliphatic heterocycles. The highest BCUT2D eigenvalue weighted by atomic mass is 35.5. The van der Waals surface area contributed by atoms with Gasteiger partial charge in [0.05, 0.1) is 11.6 Å². The zero-order chi connectivity index (χ0) is 37.7. The van der Waals surface area contributed by atoms with Crippen LogP contribution in [0.1, 0.15) is 26.3 Å². The molecule has 3 aromatic carbocycles. The number of nitrogens with one attached hydrogen (secondary N) is 1. The molecule has 2 N–H and O–H groups in total. The molecule has 0 aliphatic carbocycles. The summed E-state index contributed by atoms with van der Waals surface area (Å²) in [6.07, 6.45) is -2.44. The monoisotopic (exact) mass is 788 g/mol. The van der Waals surface area contributed by atoms with Crippen LogP contribution >= 0.6 is 34.8 Å². The fourth-order valence-electron chi connectivity index (χ4n) is 5.16. The molecule has 0 aliphatic rings. The molecular formula is C34H40Cl3FN4O8S. The Bertz CT molecular complexity index is 1720. The number of carbonyl (C=O) groups is 3. The van der Waals surface area contributed by atoms with Gasteiger partial charge in [0.15, 0.2) is 6.29 Å². The van der Waals surface area contributed by atoms with E-state index in [9.17, 15) is 32.3 Å². The van der Waals surface area contributed by atoms with Crippen molar-refractivity contribution >= 4 is 68.4 Å². The van der Waals surface area contributed by atoms with Crippen molar-refractivity contribution in [3.05, 3.63) is 93.4 Å². The fraction of sp³-hybridized carbons (Fsp3) is 0.382. The summed E-state index contributed by atoms with van der Waals surface area (Å²) < 4.78 is 54.2. The van der Waals surface area contributed by atoms with Gasteiger partial charge in [0.25, 0.3) is 5.91 Å². The van der Waals surface area contributed by atoms with E-state index in [-0.39, 0.29) is 53.5 Å². The first-order valence-corrected chi connectivity index (χ1v) is 18.5. The molecule has 3 aromatic rings. The molecular weight excluding hydrogens is 750 g/mol.